The lowest BCUT2D eigenvalue weighted by Crippen LogP contribution is -2.50. The van der Waals surface area contributed by atoms with Crippen molar-refractivity contribution in [3.8, 4) is 0 Å². The van der Waals surface area contributed by atoms with Gasteiger partial charge in [0, 0.05) is 13.6 Å². The monoisotopic (exact) mass is 254 g/mol. The second kappa shape index (κ2) is 5.57. The van der Waals surface area contributed by atoms with Crippen LogP contribution >= 0.6 is 0 Å². The van der Waals surface area contributed by atoms with Gasteiger partial charge >= 0.3 is 0 Å². The first-order valence-corrected chi connectivity index (χ1v) is 7.22. The van der Waals surface area contributed by atoms with Crippen molar-refractivity contribution in [2.45, 2.75) is 57.1 Å². The Balaban J connectivity index is 1.93. The summed E-state index contributed by atoms with van der Waals surface area (Å²) < 4.78 is 0. The summed E-state index contributed by atoms with van der Waals surface area (Å²) in [4.78, 5) is 14.0. The van der Waals surface area contributed by atoms with E-state index in [1.165, 1.54) is 0 Å². The Morgan fingerprint density at radius 1 is 1.39 bits per heavy atom. The fourth-order valence-electron chi connectivity index (χ4n) is 3.31. The van der Waals surface area contributed by atoms with E-state index in [2.05, 4.69) is 17.1 Å². The van der Waals surface area contributed by atoms with Gasteiger partial charge in [0.1, 0.15) is 0 Å². The molecule has 4 nitrogen and oxygen atoms in total. The molecule has 104 valence electrons. The minimum Gasteiger partial charge on any atom is -0.389 e. The van der Waals surface area contributed by atoms with Gasteiger partial charge in [0.2, 0.25) is 5.91 Å². The third-order valence-electron chi connectivity index (χ3n) is 4.62. The molecule has 2 fully saturated rings. The Morgan fingerprint density at radius 3 is 2.67 bits per heavy atom. The highest BCUT2D eigenvalue weighted by molar-refractivity contribution is 5.81. The van der Waals surface area contributed by atoms with Crippen LogP contribution in [0.1, 0.15) is 45.4 Å². The van der Waals surface area contributed by atoms with E-state index in [4.69, 9.17) is 0 Å². The molecule has 2 rings (SSSR count). The molecule has 0 bridgehead atoms. The molecule has 1 saturated carbocycles. The van der Waals surface area contributed by atoms with Crippen LogP contribution in [0.3, 0.4) is 0 Å². The van der Waals surface area contributed by atoms with Crippen LogP contribution in [0, 0.1) is 5.92 Å². The third-order valence-corrected chi connectivity index (χ3v) is 4.62. The van der Waals surface area contributed by atoms with Crippen LogP contribution in [0.15, 0.2) is 0 Å². The molecule has 18 heavy (non-hydrogen) atoms. The predicted molar refractivity (Wildman–Crippen MR) is 71.2 cm³/mol. The first-order chi connectivity index (χ1) is 8.54. The number of amides is 1. The van der Waals surface area contributed by atoms with Crippen LogP contribution < -0.4 is 5.32 Å². The summed E-state index contributed by atoms with van der Waals surface area (Å²) in [6.07, 6.45) is 5.96. The first kappa shape index (κ1) is 13.8. The highest BCUT2D eigenvalue weighted by Crippen LogP contribution is 2.33. The van der Waals surface area contributed by atoms with Crippen LogP contribution in [0.2, 0.25) is 0 Å². The van der Waals surface area contributed by atoms with Crippen LogP contribution in [0.4, 0.5) is 0 Å². The Bertz CT molecular complexity index is 298. The van der Waals surface area contributed by atoms with Gasteiger partial charge in [-0.15, -0.1) is 0 Å². The van der Waals surface area contributed by atoms with Crippen LogP contribution in [-0.4, -0.2) is 47.7 Å². The topological polar surface area (TPSA) is 52.6 Å². The summed E-state index contributed by atoms with van der Waals surface area (Å²) >= 11 is 0. The minimum atomic E-state index is -0.566. The van der Waals surface area contributed by atoms with E-state index in [-0.39, 0.29) is 11.9 Å². The third kappa shape index (κ3) is 3.04. The van der Waals surface area contributed by atoms with Gasteiger partial charge in [-0.2, -0.15) is 0 Å². The molecule has 1 saturated heterocycles. The lowest BCUT2D eigenvalue weighted by atomic mass is 9.79. The lowest BCUT2D eigenvalue weighted by molar-refractivity contribution is -0.126. The smallest absolute Gasteiger partial charge is 0.237 e. The standard InChI is InChI=1S/C14H26N2O2/c1-11-5-7-14(18,8-6-11)10-16-9-3-4-12(16)13(17)15-2/h11-12,18H,3-10H2,1-2H3,(H,15,17). The largest absolute Gasteiger partial charge is 0.389 e. The van der Waals surface area contributed by atoms with Gasteiger partial charge in [-0.25, -0.2) is 0 Å². The number of carbonyl (C=O) groups excluding carboxylic acids is 1. The van der Waals surface area contributed by atoms with Crippen molar-refractivity contribution in [3.63, 3.8) is 0 Å². The number of hydrogen-bond donors (Lipinski definition) is 2. The maximum absolute atomic E-state index is 11.8. The highest BCUT2D eigenvalue weighted by atomic mass is 16.3. The zero-order valence-electron chi connectivity index (χ0n) is 11.6. The van der Waals surface area contributed by atoms with Gasteiger partial charge < -0.3 is 10.4 Å². The van der Waals surface area contributed by atoms with Crippen molar-refractivity contribution in [2.75, 3.05) is 20.1 Å². The number of rotatable bonds is 3. The van der Waals surface area contributed by atoms with Crippen LogP contribution in [-0.2, 0) is 4.79 Å². The summed E-state index contributed by atoms with van der Waals surface area (Å²) in [5, 5.41) is 13.4. The summed E-state index contributed by atoms with van der Waals surface area (Å²) in [5.74, 6) is 0.832. The van der Waals surface area contributed by atoms with Crippen LogP contribution in [0.25, 0.3) is 0 Å². The van der Waals surface area contributed by atoms with Crippen molar-refractivity contribution in [1.82, 2.24) is 10.2 Å². The molecule has 1 heterocycles. The van der Waals surface area contributed by atoms with Crippen molar-refractivity contribution < 1.29 is 9.90 Å². The number of hydrogen-bond acceptors (Lipinski definition) is 3. The SMILES string of the molecule is CNC(=O)C1CCCN1CC1(O)CCC(C)CC1. The molecule has 1 unspecified atom stereocenters. The van der Waals surface area contributed by atoms with E-state index in [1.54, 1.807) is 7.05 Å². The number of likely N-dealkylation sites (N-methyl/N-ethyl adjacent to an activating group) is 1. The molecule has 1 aliphatic carbocycles. The second-order valence-electron chi connectivity index (χ2n) is 6.15. The molecule has 4 heteroatoms. The zero-order valence-corrected chi connectivity index (χ0v) is 11.6. The van der Waals surface area contributed by atoms with Crippen molar-refractivity contribution in [3.05, 3.63) is 0 Å². The van der Waals surface area contributed by atoms with Gasteiger partial charge in [-0.1, -0.05) is 6.92 Å². The molecule has 0 aromatic rings. The average Bonchev–Trinajstić information content (AvgIpc) is 2.80. The summed E-state index contributed by atoms with van der Waals surface area (Å²) in [7, 11) is 1.69. The quantitative estimate of drug-likeness (QED) is 0.794. The summed E-state index contributed by atoms with van der Waals surface area (Å²) in [5.41, 5.74) is -0.566. The van der Waals surface area contributed by atoms with Gasteiger partial charge in [0.05, 0.1) is 11.6 Å². The number of nitrogens with one attached hydrogen (secondary N) is 1. The Labute approximate surface area is 110 Å². The van der Waals surface area contributed by atoms with Gasteiger partial charge in [-0.05, 0) is 51.0 Å². The second-order valence-corrected chi connectivity index (χ2v) is 6.15. The number of carbonyl (C=O) groups is 1. The van der Waals surface area contributed by atoms with Crippen molar-refractivity contribution >= 4 is 5.91 Å². The highest BCUT2D eigenvalue weighted by Gasteiger charge is 2.38. The van der Waals surface area contributed by atoms with Crippen molar-refractivity contribution in [1.29, 1.82) is 0 Å². The number of β-amino-alcohol motifs (C(OH)–C–C–N with tert-alkyl or cyclic N) is 1. The summed E-state index contributed by atoms with van der Waals surface area (Å²) in [6.45, 7) is 3.86. The Hall–Kier alpha value is -0.610. The fourth-order valence-corrected chi connectivity index (χ4v) is 3.31. The van der Waals surface area contributed by atoms with E-state index in [0.29, 0.717) is 6.54 Å². The molecule has 0 spiro atoms. The van der Waals surface area contributed by atoms with E-state index in [0.717, 1.165) is 51.0 Å². The molecular formula is C14H26N2O2. The van der Waals surface area contributed by atoms with Crippen LogP contribution in [0.5, 0.6) is 0 Å². The molecule has 1 amide bonds. The normalized spacial score (nSPS) is 37.7. The van der Waals surface area contributed by atoms with E-state index in [1.807, 2.05) is 0 Å². The van der Waals surface area contributed by atoms with Crippen molar-refractivity contribution in [2.24, 2.45) is 5.92 Å². The number of aliphatic hydroxyl groups is 1. The predicted octanol–water partition coefficient (Wildman–Crippen LogP) is 1.14. The van der Waals surface area contributed by atoms with Gasteiger partial charge in [-0.3, -0.25) is 9.69 Å². The molecule has 2 aliphatic rings. The zero-order chi connectivity index (χ0) is 13.2. The Morgan fingerprint density at radius 2 is 2.06 bits per heavy atom. The van der Waals surface area contributed by atoms with Gasteiger partial charge in [0.15, 0.2) is 0 Å². The molecular weight excluding hydrogens is 228 g/mol. The van der Waals surface area contributed by atoms with Gasteiger partial charge in [0.25, 0.3) is 0 Å². The lowest BCUT2D eigenvalue weighted by Gasteiger charge is -2.39. The molecule has 1 aliphatic heterocycles. The average molecular weight is 254 g/mol. The maximum atomic E-state index is 11.8. The first-order valence-electron chi connectivity index (χ1n) is 7.22. The summed E-state index contributed by atoms with van der Waals surface area (Å²) in [6, 6.07) is -0.0293. The number of nitrogens with zero attached hydrogens (tertiary/aromatic N) is 1. The molecule has 1 atom stereocenters. The van der Waals surface area contributed by atoms with E-state index >= 15 is 0 Å². The van der Waals surface area contributed by atoms with E-state index in [9.17, 15) is 9.90 Å². The molecule has 2 N–H and O–H groups in total. The van der Waals surface area contributed by atoms with E-state index < -0.39 is 5.60 Å². The number of likely N-dealkylation sites (tertiary alicyclic amines) is 1. The molecule has 0 aromatic carbocycles. The maximum Gasteiger partial charge on any atom is 0.237 e. The molecule has 0 aromatic heterocycles. The minimum absolute atomic E-state index is 0.0293. The Kier molecular flexibility index (Phi) is 4.28. The fraction of sp³-hybridized carbons (Fsp3) is 0.929. The molecule has 0 radical (unpaired) electrons.